The zero-order chi connectivity index (χ0) is 21.2. The monoisotopic (exact) mass is 413 g/mol. The summed E-state index contributed by atoms with van der Waals surface area (Å²) in [6.45, 7) is -4.08. The summed E-state index contributed by atoms with van der Waals surface area (Å²) in [5, 5.41) is 2.49. The second kappa shape index (κ2) is 10.8. The van der Waals surface area contributed by atoms with Crippen molar-refractivity contribution in [1.29, 1.82) is 0 Å². The van der Waals surface area contributed by atoms with Gasteiger partial charge in [-0.15, -0.1) is 0 Å². The van der Waals surface area contributed by atoms with Crippen LogP contribution in [0.25, 0.3) is 0 Å². The van der Waals surface area contributed by atoms with Crippen LogP contribution in [0.1, 0.15) is 5.56 Å². The van der Waals surface area contributed by atoms with E-state index in [1.54, 1.807) is 6.07 Å². The molecule has 2 aromatic carbocycles. The van der Waals surface area contributed by atoms with Crippen LogP contribution >= 0.6 is 0 Å². The van der Waals surface area contributed by atoms with Crippen molar-refractivity contribution in [2.45, 2.75) is 13.2 Å². The molecule has 0 radical (unpaired) electrons. The van der Waals surface area contributed by atoms with Gasteiger partial charge in [0.25, 0.3) is 5.91 Å². The maximum atomic E-state index is 13.4. The number of carbonyl (C=O) groups excluding carboxylic acids is 2. The van der Waals surface area contributed by atoms with Crippen LogP contribution < -0.4 is 19.5 Å². The van der Waals surface area contributed by atoms with E-state index in [0.29, 0.717) is 5.56 Å². The number of benzene rings is 2. The molecule has 2 rings (SSSR count). The lowest BCUT2D eigenvalue weighted by atomic mass is 10.2. The third-order valence-electron chi connectivity index (χ3n) is 3.48. The Hall–Kier alpha value is -3.43. The Morgan fingerprint density at radius 2 is 1.79 bits per heavy atom. The minimum absolute atomic E-state index is 0.0351. The molecule has 2 aromatic rings. The first-order valence-electron chi connectivity index (χ1n) is 8.30. The molecule has 0 aliphatic carbocycles. The van der Waals surface area contributed by atoms with Crippen molar-refractivity contribution in [3.63, 3.8) is 0 Å². The lowest BCUT2D eigenvalue weighted by Crippen LogP contribution is -2.29. The van der Waals surface area contributed by atoms with Crippen molar-refractivity contribution >= 4 is 11.9 Å². The summed E-state index contributed by atoms with van der Waals surface area (Å²) < 4.78 is 56.9. The fourth-order valence-corrected chi connectivity index (χ4v) is 2.15. The first kappa shape index (κ1) is 21.9. The average molecular weight is 413 g/mol. The van der Waals surface area contributed by atoms with Gasteiger partial charge < -0.3 is 24.3 Å². The second-order valence-electron chi connectivity index (χ2n) is 5.52. The smallest absolute Gasteiger partial charge is 0.387 e. The highest BCUT2D eigenvalue weighted by atomic mass is 19.3. The normalized spacial score (nSPS) is 10.4. The Kier molecular flexibility index (Phi) is 8.13. The van der Waals surface area contributed by atoms with E-state index in [2.05, 4.69) is 10.1 Å². The molecule has 7 nitrogen and oxygen atoms in total. The molecule has 0 saturated carbocycles. The fraction of sp³-hybridized carbons (Fsp3) is 0.263. The van der Waals surface area contributed by atoms with Gasteiger partial charge in [0.05, 0.1) is 7.11 Å². The molecule has 0 aromatic heterocycles. The van der Waals surface area contributed by atoms with Gasteiger partial charge in [-0.05, 0) is 29.8 Å². The number of ether oxygens (including phenoxy) is 4. The molecule has 0 saturated heterocycles. The minimum atomic E-state index is -2.99. The van der Waals surface area contributed by atoms with Crippen LogP contribution in [0.5, 0.6) is 17.2 Å². The van der Waals surface area contributed by atoms with Crippen LogP contribution in [-0.4, -0.2) is 38.8 Å². The predicted molar refractivity (Wildman–Crippen MR) is 94.3 cm³/mol. The van der Waals surface area contributed by atoms with Crippen molar-refractivity contribution < 1.29 is 41.7 Å². The van der Waals surface area contributed by atoms with E-state index in [1.165, 1.54) is 43.5 Å². The van der Waals surface area contributed by atoms with Gasteiger partial charge in [-0.25, -0.2) is 9.18 Å². The van der Waals surface area contributed by atoms with Crippen LogP contribution in [0.2, 0.25) is 0 Å². The first-order valence-corrected chi connectivity index (χ1v) is 8.30. The topological polar surface area (TPSA) is 83.1 Å². The highest BCUT2D eigenvalue weighted by molar-refractivity contribution is 5.80. The fourth-order valence-electron chi connectivity index (χ4n) is 2.15. The molecule has 0 heterocycles. The molecule has 1 amide bonds. The van der Waals surface area contributed by atoms with E-state index in [-0.39, 0.29) is 23.8 Å². The standard InChI is InChI=1S/C19H18F3NO6/c1-26-16-8-12(6-7-15(16)29-19(21)22)9-23-17(24)10-28-18(25)11-27-14-5-3-2-4-13(14)20/h2-8,19H,9-11H2,1H3,(H,23,24). The summed E-state index contributed by atoms with van der Waals surface area (Å²) in [4.78, 5) is 23.3. The molecule has 1 N–H and O–H groups in total. The number of halogens is 3. The van der Waals surface area contributed by atoms with Crippen molar-refractivity contribution in [1.82, 2.24) is 5.32 Å². The molecule has 0 aliphatic heterocycles. The molecule has 10 heteroatoms. The summed E-state index contributed by atoms with van der Waals surface area (Å²) in [7, 11) is 1.29. The summed E-state index contributed by atoms with van der Waals surface area (Å²) in [5.74, 6) is -2.25. The first-order chi connectivity index (χ1) is 13.9. The van der Waals surface area contributed by atoms with Gasteiger partial charge in [-0.1, -0.05) is 18.2 Å². The molecule has 0 aliphatic rings. The number of carbonyl (C=O) groups is 2. The Morgan fingerprint density at radius 1 is 1.03 bits per heavy atom. The van der Waals surface area contributed by atoms with Gasteiger partial charge in [0, 0.05) is 6.54 Å². The number of para-hydroxylation sites is 1. The molecule has 156 valence electrons. The van der Waals surface area contributed by atoms with E-state index >= 15 is 0 Å². The van der Waals surface area contributed by atoms with E-state index in [4.69, 9.17) is 14.2 Å². The molecular formula is C19H18F3NO6. The van der Waals surface area contributed by atoms with Gasteiger partial charge in [0.1, 0.15) is 0 Å². The van der Waals surface area contributed by atoms with E-state index in [0.717, 1.165) is 0 Å². The summed E-state index contributed by atoms with van der Waals surface area (Å²) >= 11 is 0. The van der Waals surface area contributed by atoms with Gasteiger partial charge in [-0.3, -0.25) is 4.79 Å². The van der Waals surface area contributed by atoms with Gasteiger partial charge in [0.2, 0.25) is 0 Å². The minimum Gasteiger partial charge on any atom is -0.493 e. The van der Waals surface area contributed by atoms with Crippen molar-refractivity contribution in [3.05, 3.63) is 53.8 Å². The van der Waals surface area contributed by atoms with E-state index < -0.39 is 37.5 Å². The van der Waals surface area contributed by atoms with Crippen LogP contribution in [0.3, 0.4) is 0 Å². The van der Waals surface area contributed by atoms with Crippen molar-refractivity contribution in [2.24, 2.45) is 0 Å². The number of rotatable bonds is 10. The summed E-state index contributed by atoms with van der Waals surface area (Å²) in [6, 6.07) is 9.71. The maximum Gasteiger partial charge on any atom is 0.387 e. The number of amides is 1. The quantitative estimate of drug-likeness (QED) is 0.603. The predicted octanol–water partition coefficient (Wildman–Crippen LogP) is 2.67. The lowest BCUT2D eigenvalue weighted by molar-refractivity contribution is -0.150. The molecule has 0 unspecified atom stereocenters. The van der Waals surface area contributed by atoms with Crippen LogP contribution in [0.15, 0.2) is 42.5 Å². The van der Waals surface area contributed by atoms with Crippen molar-refractivity contribution in [3.8, 4) is 17.2 Å². The van der Waals surface area contributed by atoms with Crippen LogP contribution in [0, 0.1) is 5.82 Å². The largest absolute Gasteiger partial charge is 0.493 e. The second-order valence-corrected chi connectivity index (χ2v) is 5.52. The Labute approximate surface area is 164 Å². The average Bonchev–Trinajstić information content (AvgIpc) is 2.70. The van der Waals surface area contributed by atoms with Gasteiger partial charge >= 0.3 is 12.6 Å². The third-order valence-corrected chi connectivity index (χ3v) is 3.48. The lowest BCUT2D eigenvalue weighted by Gasteiger charge is -2.12. The molecular weight excluding hydrogens is 395 g/mol. The SMILES string of the molecule is COc1cc(CNC(=O)COC(=O)COc2ccccc2F)ccc1OC(F)F. The zero-order valence-electron chi connectivity index (χ0n) is 15.3. The Bertz CT molecular complexity index is 846. The number of alkyl halides is 2. The Morgan fingerprint density at radius 3 is 2.48 bits per heavy atom. The van der Waals surface area contributed by atoms with Gasteiger partial charge in [0.15, 0.2) is 36.3 Å². The van der Waals surface area contributed by atoms with Crippen LogP contribution in [0.4, 0.5) is 13.2 Å². The van der Waals surface area contributed by atoms with Gasteiger partial charge in [-0.2, -0.15) is 8.78 Å². The van der Waals surface area contributed by atoms with Crippen molar-refractivity contribution in [2.75, 3.05) is 20.3 Å². The van der Waals surface area contributed by atoms with Crippen LogP contribution in [-0.2, 0) is 20.9 Å². The number of methoxy groups -OCH3 is 1. The molecule has 0 atom stereocenters. The number of esters is 1. The highest BCUT2D eigenvalue weighted by Crippen LogP contribution is 2.29. The summed E-state index contributed by atoms with van der Waals surface area (Å²) in [6.07, 6.45) is 0. The Balaban J connectivity index is 1.75. The molecule has 0 fully saturated rings. The highest BCUT2D eigenvalue weighted by Gasteiger charge is 2.13. The third kappa shape index (κ3) is 7.24. The zero-order valence-corrected chi connectivity index (χ0v) is 15.3. The number of hydrogen-bond donors (Lipinski definition) is 1. The van der Waals surface area contributed by atoms with E-state index in [1.807, 2.05) is 0 Å². The van der Waals surface area contributed by atoms with E-state index in [9.17, 15) is 22.8 Å². The maximum absolute atomic E-state index is 13.4. The summed E-state index contributed by atoms with van der Waals surface area (Å²) in [5.41, 5.74) is 0.547. The molecule has 0 spiro atoms. The molecule has 29 heavy (non-hydrogen) atoms. The molecule has 0 bridgehead atoms. The number of nitrogens with one attached hydrogen (secondary N) is 1. The number of hydrogen-bond acceptors (Lipinski definition) is 6.